The zero-order valence-electron chi connectivity index (χ0n) is 11.1. The van der Waals surface area contributed by atoms with E-state index in [-0.39, 0.29) is 6.04 Å². The lowest BCUT2D eigenvalue weighted by molar-refractivity contribution is -0.192. The maximum absolute atomic E-state index is 10.6. The molecule has 0 aromatic carbocycles. The van der Waals surface area contributed by atoms with Crippen molar-refractivity contribution in [2.45, 2.75) is 33.0 Å². The van der Waals surface area contributed by atoms with Crippen LogP contribution in [0.4, 0.5) is 13.2 Å². The molecule has 0 aromatic rings. The fraction of sp³-hybridized carbons (Fsp3) is 0.636. The molecule has 3 N–H and O–H groups in total. The van der Waals surface area contributed by atoms with E-state index in [0.29, 0.717) is 11.5 Å². The number of halogens is 3. The van der Waals surface area contributed by atoms with Crippen molar-refractivity contribution >= 4 is 11.9 Å². The Morgan fingerprint density at radius 3 is 1.74 bits per heavy atom. The number of alkyl halides is 3. The summed E-state index contributed by atoms with van der Waals surface area (Å²) in [6.07, 6.45) is -3.34. The van der Waals surface area contributed by atoms with E-state index in [4.69, 9.17) is 15.0 Å². The maximum Gasteiger partial charge on any atom is 0.490 e. The molecule has 0 rings (SSSR count). The van der Waals surface area contributed by atoms with Crippen molar-refractivity contribution < 1.29 is 33.0 Å². The quantitative estimate of drug-likeness (QED) is 0.687. The van der Waals surface area contributed by atoms with E-state index in [1.54, 1.807) is 13.0 Å². The molecule has 1 atom stereocenters. The molecule has 5 nitrogen and oxygen atoms in total. The molecule has 0 aliphatic heterocycles. The first-order chi connectivity index (χ1) is 8.43. The molecule has 0 aromatic heterocycles. The van der Waals surface area contributed by atoms with E-state index < -0.39 is 18.1 Å². The molecule has 8 heteroatoms. The minimum atomic E-state index is -5.08. The van der Waals surface area contributed by atoms with Crippen LogP contribution in [0.3, 0.4) is 0 Å². The highest BCUT2D eigenvalue weighted by Crippen LogP contribution is 2.13. The van der Waals surface area contributed by atoms with Gasteiger partial charge in [0.05, 0.1) is 0 Å². The summed E-state index contributed by atoms with van der Waals surface area (Å²) < 4.78 is 31.7. The van der Waals surface area contributed by atoms with Gasteiger partial charge in [0.25, 0.3) is 0 Å². The van der Waals surface area contributed by atoms with Crippen LogP contribution in [0.2, 0.25) is 0 Å². The highest BCUT2D eigenvalue weighted by Gasteiger charge is 2.38. The summed E-state index contributed by atoms with van der Waals surface area (Å²) in [5.74, 6) is -3.20. The first kappa shape index (κ1) is 19.8. The van der Waals surface area contributed by atoms with Crippen molar-refractivity contribution in [3.8, 4) is 0 Å². The molecule has 0 fully saturated rings. The van der Waals surface area contributed by atoms with Crippen LogP contribution in [0.1, 0.15) is 20.8 Å². The van der Waals surface area contributed by atoms with Gasteiger partial charge >= 0.3 is 18.1 Å². The first-order valence-corrected chi connectivity index (χ1v) is 5.32. The molecule has 0 amide bonds. The average molecular weight is 285 g/mol. The van der Waals surface area contributed by atoms with Crippen LogP contribution >= 0.6 is 0 Å². The normalized spacial score (nSPS) is 13.6. The number of likely N-dealkylation sites (N-methyl/N-ethyl adjacent to an activating group) is 1. The summed E-state index contributed by atoms with van der Waals surface area (Å²) in [6, 6.07) is 0.140. The molecule has 0 saturated carbocycles. The Hall–Kier alpha value is -1.57. The second kappa shape index (κ2) is 8.52. The predicted molar refractivity (Wildman–Crippen MR) is 62.8 cm³/mol. The topological polar surface area (TPSA) is 86.6 Å². The monoisotopic (exact) mass is 285 g/mol. The van der Waals surface area contributed by atoms with Gasteiger partial charge in [0, 0.05) is 11.6 Å². The van der Waals surface area contributed by atoms with Crippen LogP contribution in [-0.4, -0.2) is 41.4 Å². The SMILES string of the molecule is CN[C@H](/C=C(\C)C(=O)O)C(C)C.O=C(O)C(F)(F)F. The van der Waals surface area contributed by atoms with Crippen molar-refractivity contribution in [2.24, 2.45) is 5.92 Å². The fourth-order valence-corrected chi connectivity index (χ4v) is 0.950. The summed E-state index contributed by atoms with van der Waals surface area (Å²) >= 11 is 0. The summed E-state index contributed by atoms with van der Waals surface area (Å²) in [4.78, 5) is 19.4. The Balaban J connectivity index is 0. The van der Waals surface area contributed by atoms with Crippen molar-refractivity contribution in [3.63, 3.8) is 0 Å². The van der Waals surface area contributed by atoms with E-state index in [9.17, 15) is 18.0 Å². The van der Waals surface area contributed by atoms with Crippen molar-refractivity contribution in [1.82, 2.24) is 5.32 Å². The van der Waals surface area contributed by atoms with E-state index in [1.165, 1.54) is 0 Å². The summed E-state index contributed by atoms with van der Waals surface area (Å²) in [5.41, 5.74) is 0.392. The fourth-order valence-electron chi connectivity index (χ4n) is 0.950. The Morgan fingerprint density at radius 2 is 1.58 bits per heavy atom. The van der Waals surface area contributed by atoms with Crippen LogP contribution < -0.4 is 5.32 Å². The minimum Gasteiger partial charge on any atom is -0.478 e. The van der Waals surface area contributed by atoms with Gasteiger partial charge in [0.2, 0.25) is 0 Å². The number of rotatable bonds is 4. The van der Waals surface area contributed by atoms with E-state index in [0.717, 1.165) is 0 Å². The van der Waals surface area contributed by atoms with Gasteiger partial charge in [-0.25, -0.2) is 9.59 Å². The molecule has 0 spiro atoms. The van der Waals surface area contributed by atoms with Gasteiger partial charge < -0.3 is 15.5 Å². The first-order valence-electron chi connectivity index (χ1n) is 5.32. The number of aliphatic carboxylic acids is 2. The standard InChI is InChI=1S/C9H17NO2.C2HF3O2/c1-6(2)8(10-4)5-7(3)9(11)12;3-2(4,5)1(6)7/h5-6,8,10H,1-4H3,(H,11,12);(H,6,7)/b7-5+;/t8-;/m1./s1. The Kier molecular flexibility index (Phi) is 8.86. The molecule has 0 bridgehead atoms. The largest absolute Gasteiger partial charge is 0.490 e. The van der Waals surface area contributed by atoms with E-state index >= 15 is 0 Å². The lowest BCUT2D eigenvalue weighted by Crippen LogP contribution is -2.29. The highest BCUT2D eigenvalue weighted by molar-refractivity contribution is 5.85. The molecule has 0 aliphatic rings. The Labute approximate surface area is 109 Å². The molecule has 0 saturated heterocycles. The predicted octanol–water partition coefficient (Wildman–Crippen LogP) is 1.89. The molecule has 0 heterocycles. The molecular formula is C11H18F3NO4. The number of hydrogen-bond acceptors (Lipinski definition) is 3. The second-order valence-corrected chi connectivity index (χ2v) is 4.02. The number of nitrogens with one attached hydrogen (secondary N) is 1. The highest BCUT2D eigenvalue weighted by atomic mass is 19.4. The molecule has 0 unspecified atom stereocenters. The van der Waals surface area contributed by atoms with Crippen LogP contribution in [0.15, 0.2) is 11.6 Å². The van der Waals surface area contributed by atoms with Crippen molar-refractivity contribution in [3.05, 3.63) is 11.6 Å². The maximum atomic E-state index is 10.6. The van der Waals surface area contributed by atoms with Gasteiger partial charge in [-0.15, -0.1) is 0 Å². The van der Waals surface area contributed by atoms with Crippen LogP contribution in [-0.2, 0) is 9.59 Å². The summed E-state index contributed by atoms with van der Waals surface area (Å²) in [5, 5.41) is 18.8. The van der Waals surface area contributed by atoms with Gasteiger partial charge in [-0.3, -0.25) is 0 Å². The van der Waals surface area contributed by atoms with Gasteiger partial charge in [-0.05, 0) is 19.9 Å². The van der Waals surface area contributed by atoms with E-state index in [1.807, 2.05) is 20.9 Å². The third-order valence-corrected chi connectivity index (χ3v) is 2.06. The average Bonchev–Trinajstić information content (AvgIpc) is 2.24. The van der Waals surface area contributed by atoms with Gasteiger partial charge in [0.15, 0.2) is 0 Å². The number of carboxylic acids is 2. The van der Waals surface area contributed by atoms with Crippen LogP contribution in [0, 0.1) is 5.92 Å². The smallest absolute Gasteiger partial charge is 0.478 e. The number of carbonyl (C=O) groups is 2. The van der Waals surface area contributed by atoms with Gasteiger partial charge in [0.1, 0.15) is 0 Å². The Bertz CT molecular complexity index is 337. The number of hydrogen-bond donors (Lipinski definition) is 3. The molecule has 19 heavy (non-hydrogen) atoms. The molecule has 0 radical (unpaired) electrons. The second-order valence-electron chi connectivity index (χ2n) is 4.02. The minimum absolute atomic E-state index is 0.140. The lowest BCUT2D eigenvalue weighted by Gasteiger charge is -2.16. The summed E-state index contributed by atoms with van der Waals surface area (Å²) in [6.45, 7) is 5.70. The van der Waals surface area contributed by atoms with Gasteiger partial charge in [-0.2, -0.15) is 13.2 Å². The zero-order chi connectivity index (χ0) is 15.8. The van der Waals surface area contributed by atoms with Crippen LogP contribution in [0.5, 0.6) is 0 Å². The molecule has 0 aliphatic carbocycles. The van der Waals surface area contributed by atoms with E-state index in [2.05, 4.69) is 5.32 Å². The third-order valence-electron chi connectivity index (χ3n) is 2.06. The van der Waals surface area contributed by atoms with Gasteiger partial charge in [-0.1, -0.05) is 19.9 Å². The zero-order valence-corrected chi connectivity index (χ0v) is 11.1. The van der Waals surface area contributed by atoms with Crippen LogP contribution in [0.25, 0.3) is 0 Å². The van der Waals surface area contributed by atoms with Crippen molar-refractivity contribution in [1.29, 1.82) is 0 Å². The molecule has 112 valence electrons. The molecular weight excluding hydrogens is 267 g/mol. The Morgan fingerprint density at radius 1 is 1.21 bits per heavy atom. The van der Waals surface area contributed by atoms with Crippen molar-refractivity contribution in [2.75, 3.05) is 7.05 Å². The summed E-state index contributed by atoms with van der Waals surface area (Å²) in [7, 11) is 1.83. The number of carboxylic acid groups (broad SMARTS) is 2. The lowest BCUT2D eigenvalue weighted by atomic mass is 10.0. The third kappa shape index (κ3) is 10.1.